The molecule has 1 aromatic heterocycles. The van der Waals surface area contributed by atoms with Gasteiger partial charge in [-0.15, -0.1) is 11.3 Å². The van der Waals surface area contributed by atoms with E-state index in [1.807, 2.05) is 0 Å². The molecule has 0 saturated heterocycles. The first kappa shape index (κ1) is 19.5. The van der Waals surface area contributed by atoms with Crippen LogP contribution >= 0.6 is 11.3 Å². The van der Waals surface area contributed by atoms with Crippen molar-refractivity contribution in [3.8, 4) is 0 Å². The van der Waals surface area contributed by atoms with E-state index in [1.165, 1.54) is 15.6 Å². The first-order chi connectivity index (χ1) is 13.9. The fourth-order valence-corrected chi connectivity index (χ4v) is 5.14. The second-order valence-electron chi connectivity index (χ2n) is 6.60. The Bertz CT molecular complexity index is 1220. The fourth-order valence-electron chi connectivity index (χ4n) is 3.27. The molecule has 29 heavy (non-hydrogen) atoms. The van der Waals surface area contributed by atoms with E-state index in [0.29, 0.717) is 29.8 Å². The monoisotopic (exact) mass is 430 g/mol. The summed E-state index contributed by atoms with van der Waals surface area (Å²) < 4.78 is 31.7. The minimum Gasteiger partial charge on any atom is -0.454 e. The number of ether oxygens (including phenoxy) is 1. The van der Waals surface area contributed by atoms with Crippen LogP contribution < -0.4 is 4.31 Å². The number of esters is 1. The summed E-state index contributed by atoms with van der Waals surface area (Å²) in [5.74, 6) is -0.886. The zero-order chi connectivity index (χ0) is 20.6. The summed E-state index contributed by atoms with van der Waals surface area (Å²) >= 11 is 1.42. The quantitative estimate of drug-likeness (QED) is 0.441. The third-order valence-electron chi connectivity index (χ3n) is 4.86. The van der Waals surface area contributed by atoms with Crippen molar-refractivity contribution in [1.29, 1.82) is 0 Å². The summed E-state index contributed by atoms with van der Waals surface area (Å²) in [5.41, 5.74) is 4.67. The van der Waals surface area contributed by atoms with Gasteiger partial charge in [0.05, 0.1) is 32.7 Å². The largest absolute Gasteiger partial charge is 0.454 e. The molecule has 7 nitrogen and oxygen atoms in total. The number of hydrogen-bond acceptors (Lipinski definition) is 7. The highest BCUT2D eigenvalue weighted by atomic mass is 32.2. The smallest absolute Gasteiger partial charge is 0.338 e. The van der Waals surface area contributed by atoms with Crippen LogP contribution in [0.4, 0.5) is 5.69 Å². The summed E-state index contributed by atoms with van der Waals surface area (Å²) in [5, 5.41) is 0. The van der Waals surface area contributed by atoms with Crippen molar-refractivity contribution in [3.05, 3.63) is 58.6 Å². The van der Waals surface area contributed by atoms with Crippen molar-refractivity contribution < 1.29 is 22.7 Å². The number of thiazole rings is 1. The number of fused-ring (bicyclic) bond motifs is 2. The first-order valence-corrected chi connectivity index (χ1v) is 11.5. The Morgan fingerprint density at radius 2 is 1.97 bits per heavy atom. The van der Waals surface area contributed by atoms with E-state index in [4.69, 9.17) is 4.74 Å². The van der Waals surface area contributed by atoms with Crippen LogP contribution in [0.3, 0.4) is 0 Å². The van der Waals surface area contributed by atoms with Gasteiger partial charge >= 0.3 is 5.97 Å². The molecule has 0 bridgehead atoms. The van der Waals surface area contributed by atoms with Gasteiger partial charge in [-0.3, -0.25) is 9.10 Å². The van der Waals surface area contributed by atoms with Crippen molar-refractivity contribution in [2.75, 3.05) is 23.2 Å². The molecule has 0 atom stereocenters. The standard InChI is InChI=1S/C20H18N2O5S2/c1-2-29(25,26)22-8-7-13-9-14(4-6-17(13)22)18(23)11-27-20(24)15-3-5-16-19(10-15)28-12-21-16/h3-6,9-10,12H,2,7-8,11H2,1H3. The highest BCUT2D eigenvalue weighted by Crippen LogP contribution is 2.31. The second-order valence-corrected chi connectivity index (χ2v) is 9.67. The lowest BCUT2D eigenvalue weighted by atomic mass is 10.1. The summed E-state index contributed by atoms with van der Waals surface area (Å²) in [6, 6.07) is 9.94. The number of hydrogen-bond donors (Lipinski definition) is 0. The minimum atomic E-state index is -3.33. The van der Waals surface area contributed by atoms with Gasteiger partial charge in [0, 0.05) is 12.1 Å². The second kappa shape index (κ2) is 7.57. The Morgan fingerprint density at radius 3 is 2.76 bits per heavy atom. The van der Waals surface area contributed by atoms with Gasteiger partial charge in [0.15, 0.2) is 12.4 Å². The fraction of sp³-hybridized carbons (Fsp3) is 0.250. The van der Waals surface area contributed by atoms with Crippen LogP contribution in [0.5, 0.6) is 0 Å². The van der Waals surface area contributed by atoms with Gasteiger partial charge in [0.2, 0.25) is 10.0 Å². The van der Waals surface area contributed by atoms with Crippen LogP contribution in [-0.4, -0.2) is 44.1 Å². The Labute approximate surface area is 172 Å². The Balaban J connectivity index is 1.44. The summed E-state index contributed by atoms with van der Waals surface area (Å²) in [4.78, 5) is 28.9. The maximum absolute atomic E-state index is 12.5. The lowest BCUT2D eigenvalue weighted by Gasteiger charge is -2.18. The van der Waals surface area contributed by atoms with Crippen LogP contribution in [0.2, 0.25) is 0 Å². The van der Waals surface area contributed by atoms with Crippen LogP contribution in [0.1, 0.15) is 33.2 Å². The van der Waals surface area contributed by atoms with E-state index >= 15 is 0 Å². The topological polar surface area (TPSA) is 93.6 Å². The number of rotatable bonds is 6. The molecule has 2 aromatic carbocycles. The Morgan fingerprint density at radius 1 is 1.17 bits per heavy atom. The summed E-state index contributed by atoms with van der Waals surface area (Å²) in [6.45, 7) is 1.60. The third-order valence-corrected chi connectivity index (χ3v) is 7.43. The molecule has 1 aliphatic rings. The zero-order valence-electron chi connectivity index (χ0n) is 15.6. The van der Waals surface area contributed by atoms with Gasteiger partial charge in [-0.1, -0.05) is 0 Å². The van der Waals surface area contributed by atoms with Gasteiger partial charge in [-0.2, -0.15) is 0 Å². The molecule has 0 spiro atoms. The van der Waals surface area contributed by atoms with E-state index in [9.17, 15) is 18.0 Å². The van der Waals surface area contributed by atoms with Crippen LogP contribution in [0.25, 0.3) is 10.2 Å². The average molecular weight is 431 g/mol. The molecule has 2 heterocycles. The van der Waals surface area contributed by atoms with Gasteiger partial charge < -0.3 is 4.74 Å². The number of carbonyl (C=O) groups is 2. The van der Waals surface area contributed by atoms with Crippen molar-refractivity contribution in [3.63, 3.8) is 0 Å². The molecule has 150 valence electrons. The lowest BCUT2D eigenvalue weighted by molar-refractivity contribution is 0.0475. The molecule has 9 heteroatoms. The first-order valence-electron chi connectivity index (χ1n) is 9.06. The van der Waals surface area contributed by atoms with Crippen LogP contribution in [0, 0.1) is 0 Å². The maximum atomic E-state index is 12.5. The molecule has 4 rings (SSSR count). The normalized spacial score (nSPS) is 13.5. The number of nitrogens with zero attached hydrogens (tertiary/aromatic N) is 2. The number of ketones is 1. The van der Waals surface area contributed by atoms with Crippen LogP contribution in [0.15, 0.2) is 41.9 Å². The molecule has 0 amide bonds. The predicted octanol–water partition coefficient (Wildman–Crippen LogP) is 3.05. The summed E-state index contributed by atoms with van der Waals surface area (Å²) in [6.07, 6.45) is 0.546. The number of sulfonamides is 1. The van der Waals surface area contributed by atoms with Crippen molar-refractivity contribution in [1.82, 2.24) is 4.98 Å². The van der Waals surface area contributed by atoms with E-state index in [0.717, 1.165) is 15.8 Å². The molecule has 0 unspecified atom stereocenters. The van der Waals surface area contributed by atoms with E-state index in [1.54, 1.807) is 48.8 Å². The van der Waals surface area contributed by atoms with E-state index in [-0.39, 0.29) is 18.1 Å². The molecule has 0 saturated carbocycles. The van der Waals surface area contributed by atoms with Crippen molar-refractivity contribution in [2.24, 2.45) is 0 Å². The molecule has 0 fully saturated rings. The molecule has 3 aromatic rings. The number of aromatic nitrogens is 1. The Hall–Kier alpha value is -2.78. The van der Waals surface area contributed by atoms with Gasteiger partial charge in [-0.05, 0) is 55.3 Å². The van der Waals surface area contributed by atoms with Crippen LogP contribution in [-0.2, 0) is 21.2 Å². The number of carbonyl (C=O) groups excluding carboxylic acids is 2. The number of Topliss-reactive ketones (excluding diaryl/α,β-unsaturated/α-hetero) is 1. The Kier molecular flexibility index (Phi) is 5.10. The van der Waals surface area contributed by atoms with E-state index < -0.39 is 16.0 Å². The van der Waals surface area contributed by atoms with Crippen molar-refractivity contribution in [2.45, 2.75) is 13.3 Å². The summed E-state index contributed by atoms with van der Waals surface area (Å²) in [7, 11) is -3.33. The average Bonchev–Trinajstić information content (AvgIpc) is 3.37. The molecular weight excluding hydrogens is 412 g/mol. The van der Waals surface area contributed by atoms with Gasteiger partial charge in [0.1, 0.15) is 0 Å². The molecule has 0 radical (unpaired) electrons. The lowest BCUT2D eigenvalue weighted by Crippen LogP contribution is -2.30. The number of benzene rings is 2. The maximum Gasteiger partial charge on any atom is 0.338 e. The highest BCUT2D eigenvalue weighted by Gasteiger charge is 2.28. The number of anilines is 1. The molecule has 0 aliphatic carbocycles. The molecule has 0 N–H and O–H groups in total. The third kappa shape index (κ3) is 3.75. The molecule has 1 aliphatic heterocycles. The molecular formula is C20H18N2O5S2. The SMILES string of the molecule is CCS(=O)(=O)N1CCc2cc(C(=O)COC(=O)c3ccc4ncsc4c3)ccc21. The van der Waals surface area contributed by atoms with E-state index in [2.05, 4.69) is 4.98 Å². The van der Waals surface area contributed by atoms with Gasteiger partial charge in [-0.25, -0.2) is 18.2 Å². The highest BCUT2D eigenvalue weighted by molar-refractivity contribution is 7.92. The zero-order valence-corrected chi connectivity index (χ0v) is 17.3. The predicted molar refractivity (Wildman–Crippen MR) is 111 cm³/mol. The van der Waals surface area contributed by atoms with Crippen molar-refractivity contribution >= 4 is 49.0 Å². The van der Waals surface area contributed by atoms with Gasteiger partial charge in [0.25, 0.3) is 0 Å². The minimum absolute atomic E-state index is 0.0242.